The van der Waals surface area contributed by atoms with Crippen molar-refractivity contribution in [2.24, 2.45) is 0 Å². The molecule has 0 saturated carbocycles. The van der Waals surface area contributed by atoms with Gasteiger partial charge in [-0.05, 0) is 31.7 Å². The Morgan fingerprint density at radius 3 is 2.85 bits per heavy atom. The molecule has 1 amide bonds. The van der Waals surface area contributed by atoms with E-state index < -0.39 is 0 Å². The van der Waals surface area contributed by atoms with E-state index in [2.05, 4.69) is 21.5 Å². The van der Waals surface area contributed by atoms with Crippen LogP contribution in [0.3, 0.4) is 0 Å². The number of hydrogen-bond donors (Lipinski definition) is 2. The standard InChI is InChI=1S/C26H29N3O4/c1-2-22-23(24(29-33-22)19-10-4-3-5-11-19)25(30)20-16-21(28-17-20)26(31)27-13-6-8-18-9-7-14-32-15-12-18/h3-5,8,10-11,16-17,28H,2,6-7,9,12-15H2,1H3,(H,27,31)/b18-8-. The highest BCUT2D eigenvalue weighted by atomic mass is 16.5. The Labute approximate surface area is 193 Å². The molecule has 0 aliphatic carbocycles. The van der Waals surface area contributed by atoms with Crippen LogP contribution in [0.2, 0.25) is 0 Å². The molecule has 3 aromatic rings. The lowest BCUT2D eigenvalue weighted by molar-refractivity contribution is 0.0949. The maximum Gasteiger partial charge on any atom is 0.267 e. The van der Waals surface area contributed by atoms with E-state index in [4.69, 9.17) is 9.26 Å². The lowest BCUT2D eigenvalue weighted by Crippen LogP contribution is -2.24. The topological polar surface area (TPSA) is 97.2 Å². The zero-order valence-electron chi connectivity index (χ0n) is 18.9. The molecule has 1 saturated heterocycles. The number of carbonyl (C=O) groups is 2. The molecule has 0 bridgehead atoms. The molecule has 2 aromatic heterocycles. The highest BCUT2D eigenvalue weighted by Gasteiger charge is 2.25. The SMILES string of the molecule is CCc1onc(-c2ccccc2)c1C(=O)c1c[nH]c(C(=O)NCC/C=C2/CCCOCC2)c1. The smallest absolute Gasteiger partial charge is 0.267 e. The van der Waals surface area contributed by atoms with Crippen LogP contribution in [-0.4, -0.2) is 41.6 Å². The van der Waals surface area contributed by atoms with Crippen molar-refractivity contribution in [1.82, 2.24) is 15.5 Å². The molecule has 4 rings (SSSR count). The first-order valence-corrected chi connectivity index (χ1v) is 11.5. The third kappa shape index (κ3) is 5.49. The van der Waals surface area contributed by atoms with Crippen LogP contribution in [0.5, 0.6) is 0 Å². The third-order valence-electron chi connectivity index (χ3n) is 5.76. The predicted molar refractivity (Wildman–Crippen MR) is 125 cm³/mol. The Bertz CT molecular complexity index is 1120. The number of benzene rings is 1. The van der Waals surface area contributed by atoms with Gasteiger partial charge in [0.1, 0.15) is 17.1 Å². The van der Waals surface area contributed by atoms with Gasteiger partial charge >= 0.3 is 0 Å². The van der Waals surface area contributed by atoms with Crippen molar-refractivity contribution < 1.29 is 18.8 Å². The zero-order valence-corrected chi connectivity index (χ0v) is 18.9. The second-order valence-corrected chi connectivity index (χ2v) is 8.05. The quantitative estimate of drug-likeness (QED) is 0.296. The van der Waals surface area contributed by atoms with Crippen molar-refractivity contribution in [3.63, 3.8) is 0 Å². The maximum absolute atomic E-state index is 13.3. The lowest BCUT2D eigenvalue weighted by Gasteiger charge is -2.04. The monoisotopic (exact) mass is 447 g/mol. The second kappa shape index (κ2) is 10.9. The van der Waals surface area contributed by atoms with Crippen molar-refractivity contribution in [3.05, 3.63) is 76.8 Å². The Morgan fingerprint density at radius 1 is 1.18 bits per heavy atom. The minimum atomic E-state index is -0.235. The number of H-pyrrole nitrogens is 1. The molecule has 0 spiro atoms. The molecule has 0 atom stereocenters. The number of rotatable bonds is 8. The molecule has 7 heteroatoms. The molecular weight excluding hydrogens is 418 g/mol. The first-order chi connectivity index (χ1) is 16.2. The lowest BCUT2D eigenvalue weighted by atomic mass is 9.98. The molecule has 2 N–H and O–H groups in total. The van der Waals surface area contributed by atoms with Gasteiger partial charge in [0.2, 0.25) is 0 Å². The van der Waals surface area contributed by atoms with Crippen LogP contribution in [0.1, 0.15) is 64.8 Å². The van der Waals surface area contributed by atoms with Crippen LogP contribution in [0.15, 0.2) is 58.8 Å². The maximum atomic E-state index is 13.3. The van der Waals surface area contributed by atoms with Crippen LogP contribution in [0.4, 0.5) is 0 Å². The van der Waals surface area contributed by atoms with Gasteiger partial charge in [-0.2, -0.15) is 0 Å². The number of carbonyl (C=O) groups excluding carboxylic acids is 2. The fourth-order valence-corrected chi connectivity index (χ4v) is 3.99. The Balaban J connectivity index is 1.42. The van der Waals surface area contributed by atoms with E-state index in [0.29, 0.717) is 41.2 Å². The van der Waals surface area contributed by atoms with Crippen LogP contribution < -0.4 is 5.32 Å². The van der Waals surface area contributed by atoms with Crippen LogP contribution in [0, 0.1) is 0 Å². The van der Waals surface area contributed by atoms with Gasteiger partial charge in [-0.3, -0.25) is 9.59 Å². The normalized spacial score (nSPS) is 15.4. The van der Waals surface area contributed by atoms with E-state index in [0.717, 1.165) is 44.5 Å². The summed E-state index contributed by atoms with van der Waals surface area (Å²) in [4.78, 5) is 28.8. The Morgan fingerprint density at radius 2 is 2.03 bits per heavy atom. The van der Waals surface area contributed by atoms with Gasteiger partial charge in [-0.1, -0.05) is 54.1 Å². The number of amides is 1. The number of aryl methyl sites for hydroxylation is 1. The summed E-state index contributed by atoms with van der Waals surface area (Å²) in [6.07, 6.45) is 8.14. The molecule has 1 fully saturated rings. The fraction of sp³-hybridized carbons (Fsp3) is 0.346. The van der Waals surface area contributed by atoms with Crippen molar-refractivity contribution in [1.29, 1.82) is 0 Å². The Hall–Kier alpha value is -3.45. The molecule has 0 unspecified atom stereocenters. The van der Waals surface area contributed by atoms with Gasteiger partial charge in [-0.15, -0.1) is 0 Å². The molecule has 3 heterocycles. The van der Waals surface area contributed by atoms with Crippen LogP contribution in [-0.2, 0) is 11.2 Å². The average molecular weight is 448 g/mol. The van der Waals surface area contributed by atoms with E-state index in [1.807, 2.05) is 37.3 Å². The average Bonchev–Trinajstić information content (AvgIpc) is 3.43. The second-order valence-electron chi connectivity index (χ2n) is 8.05. The highest BCUT2D eigenvalue weighted by molar-refractivity contribution is 6.13. The molecule has 1 aromatic carbocycles. The van der Waals surface area contributed by atoms with Crippen molar-refractivity contribution in [3.8, 4) is 11.3 Å². The van der Waals surface area contributed by atoms with Crippen molar-refractivity contribution in [2.75, 3.05) is 19.8 Å². The van der Waals surface area contributed by atoms with Gasteiger partial charge in [0.15, 0.2) is 5.78 Å². The summed E-state index contributed by atoms with van der Waals surface area (Å²) in [5.41, 5.74) is 3.91. The minimum Gasteiger partial charge on any atom is -0.381 e. The van der Waals surface area contributed by atoms with Crippen LogP contribution in [0.25, 0.3) is 11.3 Å². The fourth-order valence-electron chi connectivity index (χ4n) is 3.99. The number of nitrogens with one attached hydrogen (secondary N) is 2. The summed E-state index contributed by atoms with van der Waals surface area (Å²) in [6, 6.07) is 11.1. The molecule has 33 heavy (non-hydrogen) atoms. The predicted octanol–water partition coefficient (Wildman–Crippen LogP) is 4.71. The molecule has 0 radical (unpaired) electrons. The van der Waals surface area contributed by atoms with Gasteiger partial charge in [0.25, 0.3) is 5.91 Å². The molecule has 1 aliphatic heterocycles. The highest BCUT2D eigenvalue weighted by Crippen LogP contribution is 2.28. The summed E-state index contributed by atoms with van der Waals surface area (Å²) in [7, 11) is 0. The van der Waals surface area contributed by atoms with E-state index in [9.17, 15) is 9.59 Å². The third-order valence-corrected chi connectivity index (χ3v) is 5.76. The van der Waals surface area contributed by atoms with E-state index in [1.54, 1.807) is 12.3 Å². The number of ketones is 1. The molecule has 172 valence electrons. The van der Waals surface area contributed by atoms with Crippen molar-refractivity contribution in [2.45, 2.75) is 39.0 Å². The summed E-state index contributed by atoms with van der Waals surface area (Å²) in [5, 5.41) is 7.05. The summed E-state index contributed by atoms with van der Waals surface area (Å²) < 4.78 is 10.9. The Kier molecular flexibility index (Phi) is 7.52. The number of aromatic amines is 1. The number of aromatic nitrogens is 2. The summed E-state index contributed by atoms with van der Waals surface area (Å²) in [6.45, 7) is 4.05. The summed E-state index contributed by atoms with van der Waals surface area (Å²) >= 11 is 0. The first-order valence-electron chi connectivity index (χ1n) is 11.5. The molecule has 1 aliphatic rings. The number of nitrogens with zero attached hydrogens (tertiary/aromatic N) is 1. The van der Waals surface area contributed by atoms with Gasteiger partial charge < -0.3 is 19.6 Å². The zero-order chi connectivity index (χ0) is 23.0. The first kappa shape index (κ1) is 22.7. The van der Waals surface area contributed by atoms with E-state index >= 15 is 0 Å². The molecular formula is C26H29N3O4. The van der Waals surface area contributed by atoms with E-state index in [1.165, 1.54) is 5.57 Å². The number of ether oxygens (including phenoxy) is 1. The largest absolute Gasteiger partial charge is 0.381 e. The van der Waals surface area contributed by atoms with E-state index in [-0.39, 0.29) is 11.7 Å². The summed E-state index contributed by atoms with van der Waals surface area (Å²) in [5.74, 6) is 0.0755. The van der Waals surface area contributed by atoms with Gasteiger partial charge in [0.05, 0.1) is 12.2 Å². The van der Waals surface area contributed by atoms with Crippen molar-refractivity contribution >= 4 is 11.7 Å². The van der Waals surface area contributed by atoms with Gasteiger partial charge in [-0.25, -0.2) is 0 Å². The minimum absolute atomic E-state index is 0.220. The van der Waals surface area contributed by atoms with Crippen LogP contribution >= 0.6 is 0 Å². The van der Waals surface area contributed by atoms with Gasteiger partial charge in [0, 0.05) is 36.9 Å². The molecule has 7 nitrogen and oxygen atoms in total. The number of hydrogen-bond acceptors (Lipinski definition) is 5.